The number of rotatable bonds is 6. The Morgan fingerprint density at radius 2 is 1.72 bits per heavy atom. The maximum absolute atomic E-state index is 12.4. The molecule has 2 N–H and O–H groups in total. The minimum Gasteiger partial charge on any atom is -0.480 e. The number of fused-ring (bicyclic) bond motifs is 3. The molecule has 0 saturated heterocycles. The third-order valence-corrected chi connectivity index (χ3v) is 6.29. The molecule has 2 amide bonds. The molecule has 0 aliphatic heterocycles. The standard InChI is InChI=1S/C23H21N3O5S/c1-13(21(28)29)26(2)20(27)19-12-32-22(24-19)25-23(30)31-11-18-16-9-5-3-7-14(16)15-8-4-6-10-17(15)18/h3-10,12-13,18H,11H2,1-2H3,(H,28,29)(H,24,25,30)/t13-/m0/s1. The Kier molecular flexibility index (Phi) is 5.91. The van der Waals surface area contributed by atoms with Crippen LogP contribution in [0.5, 0.6) is 0 Å². The molecule has 1 atom stereocenters. The van der Waals surface area contributed by atoms with E-state index in [9.17, 15) is 14.4 Å². The van der Waals surface area contributed by atoms with Crippen LogP contribution in [0.2, 0.25) is 0 Å². The molecule has 0 bridgehead atoms. The molecular formula is C23H21N3O5S. The molecule has 32 heavy (non-hydrogen) atoms. The molecule has 0 radical (unpaired) electrons. The van der Waals surface area contributed by atoms with E-state index in [1.54, 1.807) is 0 Å². The van der Waals surface area contributed by atoms with Crippen molar-refractivity contribution in [3.05, 3.63) is 70.7 Å². The second-order valence-corrected chi connectivity index (χ2v) is 8.28. The first-order valence-corrected chi connectivity index (χ1v) is 10.8. The highest BCUT2D eigenvalue weighted by atomic mass is 32.1. The zero-order chi connectivity index (χ0) is 22.8. The Labute approximate surface area is 188 Å². The van der Waals surface area contributed by atoms with Crippen molar-refractivity contribution in [3.8, 4) is 11.1 Å². The molecule has 9 heteroatoms. The van der Waals surface area contributed by atoms with E-state index >= 15 is 0 Å². The Bertz CT molecular complexity index is 1150. The van der Waals surface area contributed by atoms with Gasteiger partial charge in [-0.05, 0) is 29.2 Å². The zero-order valence-electron chi connectivity index (χ0n) is 17.4. The minimum absolute atomic E-state index is 0.0551. The van der Waals surface area contributed by atoms with E-state index in [1.807, 2.05) is 36.4 Å². The number of hydrogen-bond acceptors (Lipinski definition) is 6. The summed E-state index contributed by atoms with van der Waals surface area (Å²) < 4.78 is 5.47. The van der Waals surface area contributed by atoms with Gasteiger partial charge in [-0.2, -0.15) is 0 Å². The number of anilines is 1. The number of likely N-dealkylation sites (N-methyl/N-ethyl adjacent to an activating group) is 1. The topological polar surface area (TPSA) is 109 Å². The summed E-state index contributed by atoms with van der Waals surface area (Å²) in [5, 5.41) is 13.3. The molecule has 1 aromatic heterocycles. The Morgan fingerprint density at radius 3 is 2.31 bits per heavy atom. The van der Waals surface area contributed by atoms with Crippen molar-refractivity contribution >= 4 is 34.4 Å². The number of nitrogens with one attached hydrogen (secondary N) is 1. The van der Waals surface area contributed by atoms with Gasteiger partial charge in [0.05, 0.1) is 0 Å². The van der Waals surface area contributed by atoms with Gasteiger partial charge in [-0.1, -0.05) is 48.5 Å². The molecule has 1 aliphatic carbocycles. The second kappa shape index (κ2) is 8.80. The number of aliphatic carboxylic acids is 1. The molecule has 0 fully saturated rings. The van der Waals surface area contributed by atoms with E-state index in [-0.39, 0.29) is 23.4 Å². The van der Waals surface area contributed by atoms with Crippen molar-refractivity contribution < 1.29 is 24.2 Å². The monoisotopic (exact) mass is 451 g/mol. The van der Waals surface area contributed by atoms with Crippen LogP contribution in [0.1, 0.15) is 34.5 Å². The first kappa shape index (κ1) is 21.5. The van der Waals surface area contributed by atoms with Gasteiger partial charge in [0.1, 0.15) is 18.3 Å². The van der Waals surface area contributed by atoms with Crippen LogP contribution in [0, 0.1) is 0 Å². The normalized spacial score (nSPS) is 13.1. The quantitative estimate of drug-likeness (QED) is 0.585. The number of carboxylic acid groups (broad SMARTS) is 1. The summed E-state index contributed by atoms with van der Waals surface area (Å²) >= 11 is 1.06. The van der Waals surface area contributed by atoms with Crippen LogP contribution in [-0.4, -0.2) is 52.7 Å². The number of benzene rings is 2. The molecule has 1 heterocycles. The fourth-order valence-electron chi connectivity index (χ4n) is 3.67. The van der Waals surface area contributed by atoms with E-state index in [4.69, 9.17) is 9.84 Å². The van der Waals surface area contributed by atoms with Crippen LogP contribution in [0.15, 0.2) is 53.9 Å². The van der Waals surface area contributed by atoms with E-state index in [0.717, 1.165) is 38.5 Å². The van der Waals surface area contributed by atoms with Gasteiger partial charge < -0.3 is 14.7 Å². The van der Waals surface area contributed by atoms with E-state index in [1.165, 1.54) is 19.4 Å². The van der Waals surface area contributed by atoms with E-state index in [2.05, 4.69) is 22.4 Å². The number of aromatic nitrogens is 1. The molecule has 0 saturated carbocycles. The van der Waals surface area contributed by atoms with Crippen molar-refractivity contribution in [3.63, 3.8) is 0 Å². The average Bonchev–Trinajstić information content (AvgIpc) is 3.38. The van der Waals surface area contributed by atoms with Crippen molar-refractivity contribution in [1.29, 1.82) is 0 Å². The predicted molar refractivity (Wildman–Crippen MR) is 120 cm³/mol. The first-order valence-electron chi connectivity index (χ1n) is 9.94. The SMILES string of the molecule is C[C@@H](C(=O)O)N(C)C(=O)c1csc(NC(=O)OCC2c3ccccc3-c3ccccc32)n1. The third kappa shape index (κ3) is 4.06. The van der Waals surface area contributed by atoms with Crippen molar-refractivity contribution in [1.82, 2.24) is 9.88 Å². The summed E-state index contributed by atoms with van der Waals surface area (Å²) in [4.78, 5) is 41.0. The first-order chi connectivity index (χ1) is 15.4. The lowest BCUT2D eigenvalue weighted by molar-refractivity contribution is -0.141. The van der Waals surface area contributed by atoms with E-state index < -0.39 is 24.0 Å². The van der Waals surface area contributed by atoms with Gasteiger partial charge in [0.15, 0.2) is 5.13 Å². The number of hydrogen-bond donors (Lipinski definition) is 2. The number of carboxylic acids is 1. The summed E-state index contributed by atoms with van der Waals surface area (Å²) in [6.07, 6.45) is -0.674. The van der Waals surface area contributed by atoms with Gasteiger partial charge in [0.25, 0.3) is 5.91 Å². The van der Waals surface area contributed by atoms with Gasteiger partial charge in [-0.3, -0.25) is 10.1 Å². The Hall–Kier alpha value is -3.72. The van der Waals surface area contributed by atoms with Gasteiger partial charge in [0, 0.05) is 18.3 Å². The summed E-state index contributed by atoms with van der Waals surface area (Å²) in [5.74, 6) is -1.72. The molecule has 0 unspecified atom stereocenters. The highest BCUT2D eigenvalue weighted by Gasteiger charge is 2.29. The lowest BCUT2D eigenvalue weighted by Crippen LogP contribution is -2.40. The zero-order valence-corrected chi connectivity index (χ0v) is 18.3. The van der Waals surface area contributed by atoms with Gasteiger partial charge in [-0.15, -0.1) is 11.3 Å². The molecule has 4 rings (SSSR count). The fourth-order valence-corrected chi connectivity index (χ4v) is 4.34. The summed E-state index contributed by atoms with van der Waals surface area (Å²) in [6, 6.07) is 15.1. The number of ether oxygens (including phenoxy) is 1. The molecule has 164 valence electrons. The molecule has 0 spiro atoms. The van der Waals surface area contributed by atoms with Gasteiger partial charge >= 0.3 is 12.1 Å². The van der Waals surface area contributed by atoms with Crippen LogP contribution >= 0.6 is 11.3 Å². The lowest BCUT2D eigenvalue weighted by Gasteiger charge is -2.20. The number of nitrogens with zero attached hydrogens (tertiary/aromatic N) is 2. The molecular weight excluding hydrogens is 430 g/mol. The summed E-state index contributed by atoms with van der Waals surface area (Å²) in [6.45, 7) is 1.57. The highest BCUT2D eigenvalue weighted by molar-refractivity contribution is 7.14. The fraction of sp³-hybridized carbons (Fsp3) is 0.217. The Morgan fingerprint density at radius 1 is 1.12 bits per heavy atom. The second-order valence-electron chi connectivity index (χ2n) is 7.42. The molecule has 8 nitrogen and oxygen atoms in total. The molecule has 2 aromatic carbocycles. The predicted octanol–water partition coefficient (Wildman–Crippen LogP) is 4.05. The van der Waals surface area contributed by atoms with Crippen molar-refractivity contribution in [2.75, 3.05) is 19.0 Å². The lowest BCUT2D eigenvalue weighted by atomic mass is 9.98. The summed E-state index contributed by atoms with van der Waals surface area (Å²) in [5.41, 5.74) is 4.55. The highest BCUT2D eigenvalue weighted by Crippen LogP contribution is 2.44. The van der Waals surface area contributed by atoms with Crippen LogP contribution in [0.3, 0.4) is 0 Å². The average molecular weight is 452 g/mol. The van der Waals surface area contributed by atoms with Gasteiger partial charge in [0.2, 0.25) is 0 Å². The van der Waals surface area contributed by atoms with Crippen molar-refractivity contribution in [2.24, 2.45) is 0 Å². The number of amides is 2. The van der Waals surface area contributed by atoms with Crippen LogP contribution in [0.25, 0.3) is 11.1 Å². The largest absolute Gasteiger partial charge is 0.480 e. The number of carbonyl (C=O) groups excluding carboxylic acids is 2. The van der Waals surface area contributed by atoms with Crippen LogP contribution in [-0.2, 0) is 9.53 Å². The maximum Gasteiger partial charge on any atom is 0.413 e. The Balaban J connectivity index is 1.40. The maximum atomic E-state index is 12.4. The van der Waals surface area contributed by atoms with Crippen LogP contribution < -0.4 is 5.32 Å². The summed E-state index contributed by atoms with van der Waals surface area (Å²) in [7, 11) is 1.39. The van der Waals surface area contributed by atoms with Crippen LogP contribution in [0.4, 0.5) is 9.93 Å². The molecule has 3 aromatic rings. The number of thiazole rings is 1. The van der Waals surface area contributed by atoms with Crippen molar-refractivity contribution in [2.45, 2.75) is 18.9 Å². The molecule has 1 aliphatic rings. The van der Waals surface area contributed by atoms with Gasteiger partial charge in [-0.25, -0.2) is 14.6 Å². The number of carbonyl (C=O) groups is 3. The smallest absolute Gasteiger partial charge is 0.413 e. The minimum atomic E-state index is -1.12. The third-order valence-electron chi connectivity index (χ3n) is 5.53. The van der Waals surface area contributed by atoms with E-state index in [0.29, 0.717) is 0 Å².